The highest BCUT2D eigenvalue weighted by Crippen LogP contribution is 2.03. The maximum Gasteiger partial charge on any atom is 0.317 e. The number of nitrogens with zero attached hydrogens (tertiary/aromatic N) is 2. The molecule has 1 heterocycles. The molecule has 15 heavy (non-hydrogen) atoms. The summed E-state index contributed by atoms with van der Waals surface area (Å²) in [6, 6.07) is -0.0311. The average molecular weight is 227 g/mol. The lowest BCUT2D eigenvalue weighted by Crippen LogP contribution is -2.37. The molecular formula is C10H17N3OS. The van der Waals surface area contributed by atoms with E-state index in [4.69, 9.17) is 0 Å². The van der Waals surface area contributed by atoms with Gasteiger partial charge in [-0.3, -0.25) is 0 Å². The molecule has 0 atom stereocenters. The van der Waals surface area contributed by atoms with Crippen molar-refractivity contribution in [3.63, 3.8) is 0 Å². The third-order valence-corrected chi connectivity index (χ3v) is 2.67. The Hall–Kier alpha value is -1.10. The monoisotopic (exact) mass is 227 g/mol. The minimum atomic E-state index is -0.0311. The van der Waals surface area contributed by atoms with Gasteiger partial charge in [-0.05, 0) is 6.42 Å². The molecule has 5 heteroatoms. The SMILES string of the molecule is CCCCNC(=O)N(C)Cc1cscn1. The molecule has 0 aliphatic heterocycles. The van der Waals surface area contributed by atoms with Crippen molar-refractivity contribution in [2.24, 2.45) is 0 Å². The number of urea groups is 1. The molecule has 1 rings (SSSR count). The average Bonchev–Trinajstić information content (AvgIpc) is 2.70. The van der Waals surface area contributed by atoms with Gasteiger partial charge in [-0.1, -0.05) is 13.3 Å². The molecular weight excluding hydrogens is 210 g/mol. The van der Waals surface area contributed by atoms with Crippen LogP contribution in [0.4, 0.5) is 4.79 Å². The van der Waals surface area contributed by atoms with Gasteiger partial charge in [0.25, 0.3) is 0 Å². The lowest BCUT2D eigenvalue weighted by molar-refractivity contribution is 0.206. The predicted molar refractivity (Wildman–Crippen MR) is 61.9 cm³/mol. The zero-order chi connectivity index (χ0) is 11.1. The Morgan fingerprint density at radius 1 is 1.67 bits per heavy atom. The van der Waals surface area contributed by atoms with Crippen molar-refractivity contribution >= 4 is 17.4 Å². The zero-order valence-electron chi connectivity index (χ0n) is 9.19. The Morgan fingerprint density at radius 2 is 2.47 bits per heavy atom. The van der Waals surface area contributed by atoms with Crippen molar-refractivity contribution in [3.8, 4) is 0 Å². The van der Waals surface area contributed by atoms with Gasteiger partial charge in [0.2, 0.25) is 0 Å². The molecule has 84 valence electrons. The Bertz CT molecular complexity index is 287. The van der Waals surface area contributed by atoms with E-state index in [1.165, 1.54) is 0 Å². The molecule has 0 saturated heterocycles. The number of thiazole rings is 1. The first-order chi connectivity index (χ1) is 7.24. The van der Waals surface area contributed by atoms with Crippen LogP contribution in [0.5, 0.6) is 0 Å². The van der Waals surface area contributed by atoms with Crippen LogP contribution >= 0.6 is 11.3 Å². The van der Waals surface area contributed by atoms with Gasteiger partial charge in [0, 0.05) is 19.0 Å². The molecule has 0 spiro atoms. The highest BCUT2D eigenvalue weighted by molar-refractivity contribution is 7.07. The quantitative estimate of drug-likeness (QED) is 0.783. The second-order valence-electron chi connectivity index (χ2n) is 3.42. The van der Waals surface area contributed by atoms with E-state index in [1.807, 2.05) is 5.38 Å². The molecule has 1 N–H and O–H groups in total. The van der Waals surface area contributed by atoms with Crippen molar-refractivity contribution in [1.82, 2.24) is 15.2 Å². The number of hydrogen-bond acceptors (Lipinski definition) is 3. The Kier molecular flexibility index (Phi) is 5.10. The first kappa shape index (κ1) is 12.0. The molecule has 0 saturated carbocycles. The zero-order valence-corrected chi connectivity index (χ0v) is 10.0. The lowest BCUT2D eigenvalue weighted by atomic mass is 10.3. The molecule has 0 fully saturated rings. The minimum Gasteiger partial charge on any atom is -0.338 e. The molecule has 0 unspecified atom stereocenters. The van der Waals surface area contributed by atoms with Crippen LogP contribution in [-0.4, -0.2) is 29.5 Å². The van der Waals surface area contributed by atoms with Crippen LogP contribution in [0.1, 0.15) is 25.5 Å². The first-order valence-electron chi connectivity index (χ1n) is 5.10. The molecule has 0 radical (unpaired) electrons. The number of amides is 2. The van der Waals surface area contributed by atoms with Gasteiger partial charge in [-0.2, -0.15) is 0 Å². The maximum atomic E-state index is 11.5. The fraction of sp³-hybridized carbons (Fsp3) is 0.600. The molecule has 1 aromatic heterocycles. The van der Waals surface area contributed by atoms with Gasteiger partial charge in [0.15, 0.2) is 0 Å². The summed E-state index contributed by atoms with van der Waals surface area (Å²) in [6.07, 6.45) is 2.12. The highest BCUT2D eigenvalue weighted by Gasteiger charge is 2.08. The summed E-state index contributed by atoms with van der Waals surface area (Å²) in [4.78, 5) is 17.3. The fourth-order valence-corrected chi connectivity index (χ4v) is 1.69. The number of aromatic nitrogens is 1. The van der Waals surface area contributed by atoms with Crippen LogP contribution in [0.2, 0.25) is 0 Å². The number of carbonyl (C=O) groups excluding carboxylic acids is 1. The highest BCUT2D eigenvalue weighted by atomic mass is 32.1. The third-order valence-electron chi connectivity index (χ3n) is 2.04. The topological polar surface area (TPSA) is 45.2 Å². The van der Waals surface area contributed by atoms with Crippen LogP contribution in [0.15, 0.2) is 10.9 Å². The van der Waals surface area contributed by atoms with Gasteiger partial charge in [-0.15, -0.1) is 11.3 Å². The molecule has 0 aliphatic carbocycles. The summed E-state index contributed by atoms with van der Waals surface area (Å²) < 4.78 is 0. The summed E-state index contributed by atoms with van der Waals surface area (Å²) in [5.41, 5.74) is 2.71. The lowest BCUT2D eigenvalue weighted by Gasteiger charge is -2.16. The number of rotatable bonds is 5. The van der Waals surface area contributed by atoms with E-state index >= 15 is 0 Å². The van der Waals surface area contributed by atoms with Crippen molar-refractivity contribution in [3.05, 3.63) is 16.6 Å². The van der Waals surface area contributed by atoms with Crippen molar-refractivity contribution in [2.75, 3.05) is 13.6 Å². The molecule has 2 amide bonds. The van der Waals surface area contributed by atoms with E-state index in [9.17, 15) is 4.79 Å². The van der Waals surface area contributed by atoms with E-state index in [2.05, 4.69) is 17.2 Å². The Labute approximate surface area is 94.3 Å². The number of hydrogen-bond donors (Lipinski definition) is 1. The van der Waals surface area contributed by atoms with Gasteiger partial charge in [0.1, 0.15) is 0 Å². The van der Waals surface area contributed by atoms with Crippen LogP contribution in [0.25, 0.3) is 0 Å². The van der Waals surface area contributed by atoms with Gasteiger partial charge >= 0.3 is 6.03 Å². The van der Waals surface area contributed by atoms with E-state index < -0.39 is 0 Å². The molecule has 0 bridgehead atoms. The normalized spacial score (nSPS) is 10.0. The first-order valence-corrected chi connectivity index (χ1v) is 6.04. The van der Waals surface area contributed by atoms with Crippen LogP contribution < -0.4 is 5.32 Å². The largest absolute Gasteiger partial charge is 0.338 e. The number of carbonyl (C=O) groups is 1. The summed E-state index contributed by atoms with van der Waals surface area (Å²) in [6.45, 7) is 3.42. The number of nitrogens with one attached hydrogen (secondary N) is 1. The summed E-state index contributed by atoms with van der Waals surface area (Å²) in [5, 5.41) is 4.81. The van der Waals surface area contributed by atoms with Crippen molar-refractivity contribution < 1.29 is 4.79 Å². The summed E-state index contributed by atoms with van der Waals surface area (Å²) in [7, 11) is 1.78. The van der Waals surface area contributed by atoms with Gasteiger partial charge < -0.3 is 10.2 Å². The van der Waals surface area contributed by atoms with Crippen molar-refractivity contribution in [2.45, 2.75) is 26.3 Å². The number of unbranched alkanes of at least 4 members (excludes halogenated alkanes) is 1. The smallest absolute Gasteiger partial charge is 0.317 e. The van der Waals surface area contributed by atoms with E-state index in [1.54, 1.807) is 28.8 Å². The van der Waals surface area contributed by atoms with Crippen molar-refractivity contribution in [1.29, 1.82) is 0 Å². The molecule has 0 aliphatic rings. The standard InChI is InChI=1S/C10H17N3OS/c1-3-4-5-11-10(14)13(2)6-9-7-15-8-12-9/h7-8H,3-6H2,1-2H3,(H,11,14). The van der Waals surface area contributed by atoms with Gasteiger partial charge in [-0.25, -0.2) is 9.78 Å². The van der Waals surface area contributed by atoms with Crippen LogP contribution in [0.3, 0.4) is 0 Å². The van der Waals surface area contributed by atoms with E-state index in [0.717, 1.165) is 25.1 Å². The second kappa shape index (κ2) is 6.40. The second-order valence-corrected chi connectivity index (χ2v) is 4.14. The van der Waals surface area contributed by atoms with Crippen LogP contribution in [-0.2, 0) is 6.54 Å². The summed E-state index contributed by atoms with van der Waals surface area (Å²) in [5.74, 6) is 0. The minimum absolute atomic E-state index is 0.0311. The fourth-order valence-electron chi connectivity index (χ4n) is 1.14. The van der Waals surface area contributed by atoms with Gasteiger partial charge in [0.05, 0.1) is 17.7 Å². The molecule has 1 aromatic rings. The van der Waals surface area contributed by atoms with E-state index in [0.29, 0.717) is 6.54 Å². The Morgan fingerprint density at radius 3 is 3.07 bits per heavy atom. The van der Waals surface area contributed by atoms with E-state index in [-0.39, 0.29) is 6.03 Å². The van der Waals surface area contributed by atoms with Crippen LogP contribution in [0, 0.1) is 0 Å². The molecule has 0 aromatic carbocycles. The third kappa shape index (κ3) is 4.29. The summed E-state index contributed by atoms with van der Waals surface area (Å²) >= 11 is 1.55. The molecule has 4 nitrogen and oxygen atoms in total. The Balaban J connectivity index is 2.27. The maximum absolute atomic E-state index is 11.5. The predicted octanol–water partition coefficient (Wildman–Crippen LogP) is 2.08.